The predicted molar refractivity (Wildman–Crippen MR) is 82.1 cm³/mol. The van der Waals surface area contributed by atoms with Crippen LogP contribution < -0.4 is 11.1 Å². The second-order valence-electron chi connectivity index (χ2n) is 5.36. The van der Waals surface area contributed by atoms with Crippen LogP contribution in [0.5, 0.6) is 0 Å². The molecule has 1 aromatic heterocycles. The van der Waals surface area contributed by atoms with Gasteiger partial charge in [-0.05, 0) is 38.0 Å². The number of rotatable bonds is 2. The van der Waals surface area contributed by atoms with Crippen molar-refractivity contribution in [3.63, 3.8) is 0 Å². The lowest BCUT2D eigenvalue weighted by molar-refractivity contribution is 0.0137. The molecule has 0 radical (unpaired) electrons. The lowest BCUT2D eigenvalue weighted by Crippen LogP contribution is -2.41. The molecule has 3 N–H and O–H groups in total. The number of nitrogen functional groups attached to an aromatic ring is 1. The molecule has 1 amide bonds. The SMILES string of the molecule is CC1CC(NC(=O)c2sc3ccc(F)cc3c2N)CCO1. The molecule has 1 fully saturated rings. The molecule has 2 heterocycles. The van der Waals surface area contributed by atoms with Crippen LogP contribution in [0.4, 0.5) is 10.1 Å². The molecule has 2 unspecified atom stereocenters. The molecule has 0 spiro atoms. The minimum absolute atomic E-state index is 0.0996. The number of hydrogen-bond donors (Lipinski definition) is 2. The first kappa shape index (κ1) is 14.3. The number of benzene rings is 1. The van der Waals surface area contributed by atoms with Gasteiger partial charge < -0.3 is 15.8 Å². The van der Waals surface area contributed by atoms with Crippen LogP contribution in [-0.2, 0) is 4.74 Å². The highest BCUT2D eigenvalue weighted by Crippen LogP contribution is 2.34. The Bertz CT molecular complexity index is 686. The van der Waals surface area contributed by atoms with E-state index in [1.54, 1.807) is 6.07 Å². The maximum atomic E-state index is 13.3. The first-order valence-electron chi connectivity index (χ1n) is 6.94. The second kappa shape index (κ2) is 5.61. The van der Waals surface area contributed by atoms with E-state index in [0.29, 0.717) is 22.6 Å². The predicted octanol–water partition coefficient (Wildman–Crippen LogP) is 2.92. The van der Waals surface area contributed by atoms with Gasteiger partial charge in [-0.15, -0.1) is 11.3 Å². The zero-order chi connectivity index (χ0) is 15.0. The maximum absolute atomic E-state index is 13.3. The lowest BCUT2D eigenvalue weighted by atomic mass is 10.0. The number of halogens is 1. The van der Waals surface area contributed by atoms with Gasteiger partial charge in [0, 0.05) is 22.7 Å². The van der Waals surface area contributed by atoms with Gasteiger partial charge in [-0.1, -0.05) is 0 Å². The fourth-order valence-electron chi connectivity index (χ4n) is 2.64. The van der Waals surface area contributed by atoms with E-state index in [0.717, 1.165) is 17.5 Å². The molecule has 4 nitrogen and oxygen atoms in total. The molecule has 1 aromatic carbocycles. The van der Waals surface area contributed by atoms with Crippen LogP contribution in [-0.4, -0.2) is 24.7 Å². The molecular weight excluding hydrogens is 291 g/mol. The van der Waals surface area contributed by atoms with Crippen molar-refractivity contribution < 1.29 is 13.9 Å². The number of fused-ring (bicyclic) bond motifs is 1. The van der Waals surface area contributed by atoms with E-state index in [1.165, 1.54) is 23.5 Å². The second-order valence-corrected chi connectivity index (χ2v) is 6.41. The molecule has 6 heteroatoms. The summed E-state index contributed by atoms with van der Waals surface area (Å²) in [5, 5.41) is 3.60. The van der Waals surface area contributed by atoms with E-state index in [2.05, 4.69) is 5.32 Å². The van der Waals surface area contributed by atoms with Crippen molar-refractivity contribution in [3.05, 3.63) is 28.9 Å². The summed E-state index contributed by atoms with van der Waals surface area (Å²) in [6, 6.07) is 4.50. The fraction of sp³-hybridized carbons (Fsp3) is 0.400. The maximum Gasteiger partial charge on any atom is 0.263 e. The Labute approximate surface area is 126 Å². The quantitative estimate of drug-likeness (QED) is 0.896. The molecule has 1 saturated heterocycles. The smallest absolute Gasteiger partial charge is 0.263 e. The number of nitrogens with two attached hydrogens (primary N) is 1. The van der Waals surface area contributed by atoms with Gasteiger partial charge in [0.15, 0.2) is 0 Å². The van der Waals surface area contributed by atoms with Crippen molar-refractivity contribution in [2.45, 2.75) is 31.9 Å². The van der Waals surface area contributed by atoms with Crippen molar-refractivity contribution in [2.24, 2.45) is 0 Å². The molecule has 112 valence electrons. The normalized spacial score (nSPS) is 22.4. The van der Waals surface area contributed by atoms with Crippen molar-refractivity contribution in [3.8, 4) is 0 Å². The van der Waals surface area contributed by atoms with E-state index in [9.17, 15) is 9.18 Å². The summed E-state index contributed by atoms with van der Waals surface area (Å²) in [6.45, 7) is 2.65. The Morgan fingerprint density at radius 1 is 1.52 bits per heavy atom. The average Bonchev–Trinajstić information content (AvgIpc) is 2.76. The zero-order valence-electron chi connectivity index (χ0n) is 11.7. The van der Waals surface area contributed by atoms with E-state index < -0.39 is 0 Å². The van der Waals surface area contributed by atoms with Crippen LogP contribution in [0.15, 0.2) is 18.2 Å². The van der Waals surface area contributed by atoms with Gasteiger partial charge in [0.25, 0.3) is 5.91 Å². The van der Waals surface area contributed by atoms with Crippen LogP contribution in [0, 0.1) is 5.82 Å². The van der Waals surface area contributed by atoms with Gasteiger partial charge in [-0.25, -0.2) is 4.39 Å². The van der Waals surface area contributed by atoms with E-state index in [4.69, 9.17) is 10.5 Å². The van der Waals surface area contributed by atoms with Crippen LogP contribution in [0.2, 0.25) is 0 Å². The van der Waals surface area contributed by atoms with Gasteiger partial charge in [0.05, 0.1) is 11.8 Å². The Balaban J connectivity index is 1.82. The van der Waals surface area contributed by atoms with Crippen LogP contribution >= 0.6 is 11.3 Å². The number of amides is 1. The zero-order valence-corrected chi connectivity index (χ0v) is 12.5. The summed E-state index contributed by atoms with van der Waals surface area (Å²) in [5.74, 6) is -0.537. The third-order valence-corrected chi connectivity index (χ3v) is 4.90. The highest BCUT2D eigenvalue weighted by atomic mass is 32.1. The molecule has 2 aromatic rings. The topological polar surface area (TPSA) is 64.4 Å². The first-order valence-corrected chi connectivity index (χ1v) is 7.76. The van der Waals surface area contributed by atoms with Crippen LogP contribution in [0.3, 0.4) is 0 Å². The summed E-state index contributed by atoms with van der Waals surface area (Å²) in [7, 11) is 0. The standard InChI is InChI=1S/C15H17FN2O2S/c1-8-6-10(4-5-20-8)18-15(19)14-13(17)11-7-9(16)2-3-12(11)21-14/h2-3,7-8,10H,4-6,17H2,1H3,(H,18,19). The monoisotopic (exact) mass is 308 g/mol. The number of carbonyl (C=O) groups is 1. The molecular formula is C15H17FN2O2S. The van der Waals surface area contributed by atoms with Gasteiger partial charge >= 0.3 is 0 Å². The Hall–Kier alpha value is -1.66. The fourth-order valence-corrected chi connectivity index (χ4v) is 3.64. The highest BCUT2D eigenvalue weighted by molar-refractivity contribution is 7.21. The van der Waals surface area contributed by atoms with Gasteiger partial charge in [-0.2, -0.15) is 0 Å². The molecule has 3 rings (SSSR count). The van der Waals surface area contributed by atoms with Crippen molar-refractivity contribution in [1.29, 1.82) is 0 Å². The van der Waals surface area contributed by atoms with Crippen molar-refractivity contribution in [2.75, 3.05) is 12.3 Å². The summed E-state index contributed by atoms with van der Waals surface area (Å²) < 4.78 is 19.6. The number of thiophene rings is 1. The molecule has 1 aliphatic heterocycles. The molecule has 1 aliphatic rings. The highest BCUT2D eigenvalue weighted by Gasteiger charge is 2.23. The number of nitrogens with one attached hydrogen (secondary N) is 1. The van der Waals surface area contributed by atoms with Crippen molar-refractivity contribution in [1.82, 2.24) is 5.32 Å². The van der Waals surface area contributed by atoms with Crippen LogP contribution in [0.25, 0.3) is 10.1 Å². The molecule has 2 atom stereocenters. The largest absolute Gasteiger partial charge is 0.397 e. The minimum atomic E-state index is -0.350. The number of anilines is 1. The molecule has 0 bridgehead atoms. The summed E-state index contributed by atoms with van der Waals surface area (Å²) in [4.78, 5) is 12.8. The third-order valence-electron chi connectivity index (χ3n) is 3.72. The third kappa shape index (κ3) is 2.87. The molecule has 0 saturated carbocycles. The lowest BCUT2D eigenvalue weighted by Gasteiger charge is -2.27. The Kier molecular flexibility index (Phi) is 3.82. The Morgan fingerprint density at radius 2 is 2.33 bits per heavy atom. The van der Waals surface area contributed by atoms with Gasteiger partial charge in [-0.3, -0.25) is 4.79 Å². The summed E-state index contributed by atoms with van der Waals surface area (Å²) in [5.41, 5.74) is 6.35. The number of carbonyl (C=O) groups excluding carboxylic acids is 1. The summed E-state index contributed by atoms with van der Waals surface area (Å²) in [6.07, 6.45) is 1.75. The Morgan fingerprint density at radius 3 is 3.10 bits per heavy atom. The molecule has 21 heavy (non-hydrogen) atoms. The van der Waals surface area contributed by atoms with Gasteiger partial charge in [0.1, 0.15) is 10.7 Å². The first-order chi connectivity index (χ1) is 10.0. The minimum Gasteiger partial charge on any atom is -0.397 e. The van der Waals surface area contributed by atoms with Gasteiger partial charge in [0.2, 0.25) is 0 Å². The number of hydrogen-bond acceptors (Lipinski definition) is 4. The average molecular weight is 308 g/mol. The van der Waals surface area contributed by atoms with E-state index in [-0.39, 0.29) is 23.9 Å². The number of ether oxygens (including phenoxy) is 1. The summed E-state index contributed by atoms with van der Waals surface area (Å²) >= 11 is 1.30. The van der Waals surface area contributed by atoms with E-state index in [1.807, 2.05) is 6.92 Å². The van der Waals surface area contributed by atoms with Crippen LogP contribution in [0.1, 0.15) is 29.4 Å². The van der Waals surface area contributed by atoms with Crippen molar-refractivity contribution >= 4 is 33.0 Å². The molecule has 0 aliphatic carbocycles. The van der Waals surface area contributed by atoms with E-state index >= 15 is 0 Å².